The topological polar surface area (TPSA) is 29.5 Å². The number of ether oxygens (including phenoxy) is 1. The van der Waals surface area contributed by atoms with Gasteiger partial charge in [0, 0.05) is 29.9 Å². The molecule has 0 spiro atoms. The molecule has 19 heavy (non-hydrogen) atoms. The first kappa shape index (κ1) is 12.9. The maximum absolute atomic E-state index is 12.1. The van der Waals surface area contributed by atoms with Crippen molar-refractivity contribution < 1.29 is 9.53 Å². The summed E-state index contributed by atoms with van der Waals surface area (Å²) in [6, 6.07) is 8.04. The maximum atomic E-state index is 12.1. The van der Waals surface area contributed by atoms with Crippen molar-refractivity contribution in [2.75, 3.05) is 7.05 Å². The first-order valence-corrected chi connectivity index (χ1v) is 7.20. The Hall–Kier alpha value is -1.06. The molecule has 1 aromatic carbocycles. The quantitative estimate of drug-likeness (QED) is 0.779. The van der Waals surface area contributed by atoms with E-state index in [-0.39, 0.29) is 12.1 Å². The maximum Gasteiger partial charge on any atom is 0.338 e. The third-order valence-electron chi connectivity index (χ3n) is 4.41. The van der Waals surface area contributed by atoms with Crippen molar-refractivity contribution in [1.29, 1.82) is 0 Å². The summed E-state index contributed by atoms with van der Waals surface area (Å²) in [5, 5.41) is 0.633. The molecule has 3 rings (SSSR count). The van der Waals surface area contributed by atoms with E-state index in [4.69, 9.17) is 16.3 Å². The van der Waals surface area contributed by atoms with Gasteiger partial charge in [-0.25, -0.2) is 4.79 Å². The van der Waals surface area contributed by atoms with Crippen LogP contribution in [0.15, 0.2) is 24.3 Å². The first-order valence-electron chi connectivity index (χ1n) is 6.82. The van der Waals surface area contributed by atoms with E-state index < -0.39 is 0 Å². The van der Waals surface area contributed by atoms with Crippen molar-refractivity contribution in [3.8, 4) is 0 Å². The van der Waals surface area contributed by atoms with Gasteiger partial charge in [0.05, 0.1) is 5.56 Å². The molecule has 2 aliphatic rings. The van der Waals surface area contributed by atoms with Crippen LogP contribution >= 0.6 is 11.6 Å². The van der Waals surface area contributed by atoms with E-state index in [0.29, 0.717) is 22.7 Å². The van der Waals surface area contributed by atoms with Crippen LogP contribution in [0.3, 0.4) is 0 Å². The molecule has 0 N–H and O–H groups in total. The molecule has 0 saturated carbocycles. The number of rotatable bonds is 2. The largest absolute Gasteiger partial charge is 0.459 e. The van der Waals surface area contributed by atoms with E-state index in [2.05, 4.69) is 11.9 Å². The minimum atomic E-state index is -0.231. The molecule has 0 aromatic heterocycles. The van der Waals surface area contributed by atoms with Crippen molar-refractivity contribution in [3.05, 3.63) is 34.9 Å². The molecule has 2 atom stereocenters. The van der Waals surface area contributed by atoms with E-state index >= 15 is 0 Å². The van der Waals surface area contributed by atoms with Crippen LogP contribution in [-0.4, -0.2) is 36.1 Å². The number of hydrogen-bond donors (Lipinski definition) is 0. The van der Waals surface area contributed by atoms with Gasteiger partial charge in [-0.05, 0) is 44.2 Å². The SMILES string of the molecule is CN1[C@@H]2CC[C@@H]1CC(OC(=O)c1ccc(Cl)cc1)C2. The second-order valence-corrected chi connectivity index (χ2v) is 5.99. The van der Waals surface area contributed by atoms with Gasteiger partial charge in [-0.2, -0.15) is 0 Å². The molecule has 2 saturated heterocycles. The Morgan fingerprint density at radius 2 is 1.79 bits per heavy atom. The molecule has 2 fully saturated rings. The van der Waals surface area contributed by atoms with Crippen LogP contribution < -0.4 is 0 Å². The molecule has 102 valence electrons. The van der Waals surface area contributed by atoms with Crippen molar-refractivity contribution in [2.24, 2.45) is 0 Å². The van der Waals surface area contributed by atoms with Crippen LogP contribution in [0.25, 0.3) is 0 Å². The summed E-state index contributed by atoms with van der Waals surface area (Å²) in [4.78, 5) is 14.5. The number of fused-ring (bicyclic) bond motifs is 2. The van der Waals surface area contributed by atoms with Crippen molar-refractivity contribution in [1.82, 2.24) is 4.90 Å². The van der Waals surface area contributed by atoms with E-state index in [1.165, 1.54) is 12.8 Å². The summed E-state index contributed by atoms with van der Waals surface area (Å²) in [5.74, 6) is -0.231. The summed E-state index contributed by atoms with van der Waals surface area (Å²) in [7, 11) is 2.18. The molecule has 2 heterocycles. The number of nitrogens with zero attached hydrogens (tertiary/aromatic N) is 1. The van der Waals surface area contributed by atoms with Gasteiger partial charge >= 0.3 is 5.97 Å². The number of benzene rings is 1. The monoisotopic (exact) mass is 279 g/mol. The predicted molar refractivity (Wildman–Crippen MR) is 74.5 cm³/mol. The van der Waals surface area contributed by atoms with Gasteiger partial charge in [0.2, 0.25) is 0 Å². The fourth-order valence-corrected chi connectivity index (χ4v) is 3.39. The molecule has 2 aliphatic heterocycles. The molecular formula is C15H18ClNO2. The molecule has 2 bridgehead atoms. The van der Waals surface area contributed by atoms with Gasteiger partial charge in [0.1, 0.15) is 6.10 Å². The molecule has 0 aliphatic carbocycles. The minimum absolute atomic E-state index is 0.0666. The second-order valence-electron chi connectivity index (χ2n) is 5.56. The van der Waals surface area contributed by atoms with Crippen LogP contribution in [-0.2, 0) is 4.74 Å². The van der Waals surface area contributed by atoms with Crippen LogP contribution in [0.2, 0.25) is 5.02 Å². The lowest BCUT2D eigenvalue weighted by Gasteiger charge is -2.35. The number of esters is 1. The van der Waals surface area contributed by atoms with Gasteiger partial charge in [-0.3, -0.25) is 0 Å². The summed E-state index contributed by atoms with van der Waals surface area (Å²) in [6.07, 6.45) is 4.46. The smallest absolute Gasteiger partial charge is 0.338 e. The number of hydrogen-bond acceptors (Lipinski definition) is 3. The highest BCUT2D eigenvalue weighted by atomic mass is 35.5. The Balaban J connectivity index is 1.63. The highest BCUT2D eigenvalue weighted by Gasteiger charge is 2.39. The molecule has 0 radical (unpaired) electrons. The van der Waals surface area contributed by atoms with Crippen LogP contribution in [0.1, 0.15) is 36.0 Å². The number of carbonyl (C=O) groups excluding carboxylic acids is 1. The first-order chi connectivity index (χ1) is 9.13. The van der Waals surface area contributed by atoms with Crippen molar-refractivity contribution in [3.63, 3.8) is 0 Å². The molecule has 0 amide bonds. The van der Waals surface area contributed by atoms with Crippen LogP contribution in [0, 0.1) is 0 Å². The van der Waals surface area contributed by atoms with Crippen LogP contribution in [0.5, 0.6) is 0 Å². The highest BCUT2D eigenvalue weighted by molar-refractivity contribution is 6.30. The average Bonchev–Trinajstić information content (AvgIpc) is 2.63. The Labute approximate surface area is 118 Å². The van der Waals surface area contributed by atoms with Gasteiger partial charge in [-0.1, -0.05) is 11.6 Å². The minimum Gasteiger partial charge on any atom is -0.459 e. The molecule has 0 unspecified atom stereocenters. The van der Waals surface area contributed by atoms with Gasteiger partial charge < -0.3 is 9.64 Å². The Kier molecular flexibility index (Phi) is 3.50. The lowest BCUT2D eigenvalue weighted by Crippen LogP contribution is -2.43. The van der Waals surface area contributed by atoms with E-state index in [1.807, 2.05) is 0 Å². The standard InChI is InChI=1S/C15H18ClNO2/c1-17-12-6-7-13(17)9-14(8-12)19-15(18)10-2-4-11(16)5-3-10/h2-5,12-14H,6-9H2,1H3/t12-,13-/m1/s1. The fourth-order valence-electron chi connectivity index (χ4n) is 3.26. The lowest BCUT2D eigenvalue weighted by atomic mass is 10.0. The molecule has 4 heteroatoms. The zero-order valence-corrected chi connectivity index (χ0v) is 11.8. The second kappa shape index (κ2) is 5.14. The molecular weight excluding hydrogens is 262 g/mol. The molecule has 3 nitrogen and oxygen atoms in total. The van der Waals surface area contributed by atoms with E-state index in [1.54, 1.807) is 24.3 Å². The van der Waals surface area contributed by atoms with Crippen molar-refractivity contribution >= 4 is 17.6 Å². The summed E-state index contributed by atoms with van der Waals surface area (Å²) in [5.41, 5.74) is 0.579. The normalized spacial score (nSPS) is 30.3. The average molecular weight is 280 g/mol. The third kappa shape index (κ3) is 2.63. The van der Waals surface area contributed by atoms with Crippen molar-refractivity contribution in [2.45, 2.75) is 43.9 Å². The number of halogens is 1. The van der Waals surface area contributed by atoms with Gasteiger partial charge in [0.25, 0.3) is 0 Å². The van der Waals surface area contributed by atoms with Crippen LogP contribution in [0.4, 0.5) is 0 Å². The number of carbonyl (C=O) groups is 1. The zero-order valence-electron chi connectivity index (χ0n) is 11.0. The summed E-state index contributed by atoms with van der Waals surface area (Å²) in [6.45, 7) is 0. The lowest BCUT2D eigenvalue weighted by molar-refractivity contribution is -0.000446. The summed E-state index contributed by atoms with van der Waals surface area (Å²) >= 11 is 5.81. The van der Waals surface area contributed by atoms with E-state index in [9.17, 15) is 4.79 Å². The Bertz CT molecular complexity index is 460. The highest BCUT2D eigenvalue weighted by Crippen LogP contribution is 2.35. The Morgan fingerprint density at radius 3 is 2.37 bits per heavy atom. The molecule has 1 aromatic rings. The zero-order chi connectivity index (χ0) is 13.4. The fraction of sp³-hybridized carbons (Fsp3) is 0.533. The number of piperidine rings is 1. The predicted octanol–water partition coefficient (Wildman–Crippen LogP) is 3.12. The third-order valence-corrected chi connectivity index (χ3v) is 4.66. The van der Waals surface area contributed by atoms with Gasteiger partial charge in [0.15, 0.2) is 0 Å². The summed E-state index contributed by atoms with van der Waals surface area (Å²) < 4.78 is 5.64. The Morgan fingerprint density at radius 1 is 1.21 bits per heavy atom. The van der Waals surface area contributed by atoms with Gasteiger partial charge in [-0.15, -0.1) is 0 Å². The van der Waals surface area contributed by atoms with E-state index in [0.717, 1.165) is 12.8 Å².